The summed E-state index contributed by atoms with van der Waals surface area (Å²) in [6.45, 7) is 4.53. The van der Waals surface area contributed by atoms with Gasteiger partial charge in [0.1, 0.15) is 0 Å². The molecule has 0 aromatic carbocycles. The van der Waals surface area contributed by atoms with Crippen molar-refractivity contribution in [1.29, 1.82) is 0 Å². The molecule has 1 nitrogen and oxygen atoms in total. The van der Waals surface area contributed by atoms with E-state index in [1.807, 2.05) is 0 Å². The van der Waals surface area contributed by atoms with Gasteiger partial charge < -0.3 is 5.11 Å². The molecule has 1 heteroatoms. The second-order valence-corrected chi connectivity index (χ2v) is 5.24. The predicted octanol–water partition coefficient (Wildman–Crippen LogP) is 2.89. The smallest absolute Gasteiger partial charge is 0.0580 e. The van der Waals surface area contributed by atoms with Crippen LogP contribution >= 0.6 is 0 Å². The van der Waals surface area contributed by atoms with Gasteiger partial charge in [0.2, 0.25) is 0 Å². The van der Waals surface area contributed by atoms with Gasteiger partial charge in [0, 0.05) is 0 Å². The molecule has 3 unspecified atom stereocenters. The van der Waals surface area contributed by atoms with Crippen LogP contribution in [-0.4, -0.2) is 11.2 Å². The highest BCUT2D eigenvalue weighted by atomic mass is 16.3. The Morgan fingerprint density at radius 3 is 3.00 bits per heavy atom. The number of rotatable bonds is 0. The molecule has 1 saturated carbocycles. The van der Waals surface area contributed by atoms with Crippen molar-refractivity contribution < 1.29 is 5.11 Å². The van der Waals surface area contributed by atoms with E-state index in [0.29, 0.717) is 5.41 Å². The zero-order chi connectivity index (χ0) is 9.47. The number of fused-ring (bicyclic) bond motifs is 1. The second-order valence-electron chi connectivity index (χ2n) is 5.24. The van der Waals surface area contributed by atoms with Crippen LogP contribution in [0.1, 0.15) is 46.0 Å². The van der Waals surface area contributed by atoms with Gasteiger partial charge in [0.05, 0.1) is 6.10 Å². The molecule has 0 amide bonds. The Hall–Kier alpha value is -0.300. The van der Waals surface area contributed by atoms with E-state index < -0.39 is 0 Å². The summed E-state index contributed by atoms with van der Waals surface area (Å²) in [4.78, 5) is 0. The molecule has 0 bridgehead atoms. The molecule has 2 aliphatic rings. The van der Waals surface area contributed by atoms with Gasteiger partial charge in [-0.25, -0.2) is 0 Å². The lowest BCUT2D eigenvalue weighted by atomic mass is 9.96. The number of allylic oxidation sites excluding steroid dienone is 1. The highest BCUT2D eigenvalue weighted by molar-refractivity contribution is 5.07. The Morgan fingerprint density at radius 2 is 2.23 bits per heavy atom. The molecule has 13 heavy (non-hydrogen) atoms. The van der Waals surface area contributed by atoms with Crippen LogP contribution < -0.4 is 0 Å². The predicted molar refractivity (Wildman–Crippen MR) is 54.4 cm³/mol. The molecular formula is C12H20O. The summed E-state index contributed by atoms with van der Waals surface area (Å²) in [5, 5.41) is 9.77. The normalized spacial score (nSPS) is 45.3. The average Bonchev–Trinajstić information content (AvgIpc) is 2.68. The van der Waals surface area contributed by atoms with Gasteiger partial charge in [-0.3, -0.25) is 0 Å². The van der Waals surface area contributed by atoms with Gasteiger partial charge in [-0.1, -0.05) is 18.6 Å². The summed E-state index contributed by atoms with van der Waals surface area (Å²) in [5.74, 6) is 0.892. The van der Waals surface area contributed by atoms with Gasteiger partial charge in [0.15, 0.2) is 0 Å². The van der Waals surface area contributed by atoms with Crippen molar-refractivity contribution in [3.63, 3.8) is 0 Å². The Kier molecular flexibility index (Phi) is 2.23. The Balaban J connectivity index is 2.04. The van der Waals surface area contributed by atoms with Gasteiger partial charge in [0.25, 0.3) is 0 Å². The maximum absolute atomic E-state index is 9.77. The lowest BCUT2D eigenvalue weighted by molar-refractivity contribution is 0.139. The molecular weight excluding hydrogens is 160 g/mol. The maximum atomic E-state index is 9.77. The third-order valence-electron chi connectivity index (χ3n) is 3.87. The SMILES string of the molecule is CC1=CCC(O)CC2(C)CC2CC1. The van der Waals surface area contributed by atoms with E-state index in [0.717, 1.165) is 18.8 Å². The highest BCUT2D eigenvalue weighted by Gasteiger charge is 2.49. The number of aliphatic hydroxyl groups excluding tert-OH is 1. The Labute approximate surface area is 80.8 Å². The van der Waals surface area contributed by atoms with Crippen molar-refractivity contribution in [3.8, 4) is 0 Å². The second kappa shape index (κ2) is 3.13. The number of hydrogen-bond donors (Lipinski definition) is 1. The molecule has 0 radical (unpaired) electrons. The largest absolute Gasteiger partial charge is 0.393 e. The molecule has 0 aliphatic heterocycles. The van der Waals surface area contributed by atoms with E-state index in [1.54, 1.807) is 0 Å². The van der Waals surface area contributed by atoms with E-state index in [4.69, 9.17) is 0 Å². The van der Waals surface area contributed by atoms with Crippen LogP contribution in [-0.2, 0) is 0 Å². The van der Waals surface area contributed by atoms with Crippen molar-refractivity contribution in [2.45, 2.75) is 52.1 Å². The minimum Gasteiger partial charge on any atom is -0.393 e. The maximum Gasteiger partial charge on any atom is 0.0580 e. The van der Waals surface area contributed by atoms with Crippen molar-refractivity contribution in [3.05, 3.63) is 11.6 Å². The van der Waals surface area contributed by atoms with Crippen molar-refractivity contribution in [1.82, 2.24) is 0 Å². The molecule has 2 rings (SSSR count). The van der Waals surface area contributed by atoms with E-state index in [9.17, 15) is 5.11 Å². The first kappa shape index (κ1) is 9.26. The topological polar surface area (TPSA) is 20.2 Å². The van der Waals surface area contributed by atoms with E-state index in [-0.39, 0.29) is 6.10 Å². The van der Waals surface area contributed by atoms with Crippen LogP contribution in [0, 0.1) is 11.3 Å². The standard InChI is InChI=1S/C12H20O/c1-9-3-5-10-7-12(10,2)8-11(13)6-4-9/h4,10-11,13H,3,5-8H2,1-2H3. The van der Waals surface area contributed by atoms with Crippen LogP contribution in [0.5, 0.6) is 0 Å². The van der Waals surface area contributed by atoms with Crippen LogP contribution in [0.25, 0.3) is 0 Å². The fraction of sp³-hybridized carbons (Fsp3) is 0.833. The summed E-state index contributed by atoms with van der Waals surface area (Å²) in [6.07, 6.45) is 7.94. The first-order valence-corrected chi connectivity index (χ1v) is 5.44. The minimum atomic E-state index is -0.0944. The molecule has 0 aromatic heterocycles. The van der Waals surface area contributed by atoms with Gasteiger partial charge >= 0.3 is 0 Å². The van der Waals surface area contributed by atoms with E-state index in [2.05, 4.69) is 19.9 Å². The zero-order valence-electron chi connectivity index (χ0n) is 8.71. The molecule has 0 heterocycles. The summed E-state index contributed by atoms with van der Waals surface area (Å²) in [5.41, 5.74) is 1.95. The molecule has 74 valence electrons. The third kappa shape index (κ3) is 1.96. The monoisotopic (exact) mass is 180 g/mol. The van der Waals surface area contributed by atoms with Crippen LogP contribution in [0.4, 0.5) is 0 Å². The molecule has 1 N–H and O–H groups in total. The summed E-state index contributed by atoms with van der Waals surface area (Å²) < 4.78 is 0. The van der Waals surface area contributed by atoms with Gasteiger partial charge in [-0.05, 0) is 50.4 Å². The van der Waals surface area contributed by atoms with Gasteiger partial charge in [-0.15, -0.1) is 0 Å². The first-order chi connectivity index (χ1) is 6.10. The fourth-order valence-corrected chi connectivity index (χ4v) is 2.67. The fourth-order valence-electron chi connectivity index (χ4n) is 2.67. The molecule has 0 spiro atoms. The average molecular weight is 180 g/mol. The molecule has 2 aliphatic carbocycles. The van der Waals surface area contributed by atoms with Crippen LogP contribution in [0.3, 0.4) is 0 Å². The molecule has 0 aromatic rings. The minimum absolute atomic E-state index is 0.0944. The first-order valence-electron chi connectivity index (χ1n) is 5.44. The van der Waals surface area contributed by atoms with Gasteiger partial charge in [-0.2, -0.15) is 0 Å². The Bertz CT molecular complexity index is 231. The van der Waals surface area contributed by atoms with E-state index in [1.165, 1.54) is 24.8 Å². The number of aliphatic hydroxyl groups is 1. The lowest BCUT2D eigenvalue weighted by Crippen LogP contribution is -2.12. The summed E-state index contributed by atoms with van der Waals surface area (Å²) >= 11 is 0. The van der Waals surface area contributed by atoms with Crippen molar-refractivity contribution in [2.24, 2.45) is 11.3 Å². The summed E-state index contributed by atoms with van der Waals surface area (Å²) in [6, 6.07) is 0. The van der Waals surface area contributed by atoms with Crippen LogP contribution in [0.2, 0.25) is 0 Å². The zero-order valence-corrected chi connectivity index (χ0v) is 8.71. The highest BCUT2D eigenvalue weighted by Crippen LogP contribution is 2.58. The number of hydrogen-bond acceptors (Lipinski definition) is 1. The van der Waals surface area contributed by atoms with E-state index >= 15 is 0 Å². The van der Waals surface area contributed by atoms with Crippen molar-refractivity contribution >= 4 is 0 Å². The summed E-state index contributed by atoms with van der Waals surface area (Å²) in [7, 11) is 0. The molecule has 1 fully saturated rings. The van der Waals surface area contributed by atoms with Crippen LogP contribution in [0.15, 0.2) is 11.6 Å². The Morgan fingerprint density at radius 1 is 1.46 bits per heavy atom. The van der Waals surface area contributed by atoms with Crippen molar-refractivity contribution in [2.75, 3.05) is 0 Å². The molecule has 0 saturated heterocycles. The third-order valence-corrected chi connectivity index (χ3v) is 3.87. The molecule has 3 atom stereocenters. The quantitative estimate of drug-likeness (QED) is 0.568. The lowest BCUT2D eigenvalue weighted by Gasteiger charge is -2.14.